The Balaban J connectivity index is 4.38. The van der Waals surface area contributed by atoms with E-state index in [0.29, 0.717) is 12.8 Å². The number of rotatable bonds is 8. The summed E-state index contributed by atoms with van der Waals surface area (Å²) in [5.74, 6) is -1.37. The highest BCUT2D eigenvalue weighted by Gasteiger charge is 2.24. The van der Waals surface area contributed by atoms with Crippen molar-refractivity contribution in [2.24, 2.45) is 5.92 Å². The van der Waals surface area contributed by atoms with E-state index in [0.717, 1.165) is 6.42 Å². The number of aliphatic hydroxyl groups is 1. The first-order valence-corrected chi connectivity index (χ1v) is 6.43. The topological polar surface area (TPSA) is 72.8 Å². The monoisotopic (exact) mass is 280 g/mol. The lowest BCUT2D eigenvalue weighted by molar-refractivity contribution is -0.160. The van der Waals surface area contributed by atoms with Gasteiger partial charge in [-0.15, -0.1) is 11.6 Å². The summed E-state index contributed by atoms with van der Waals surface area (Å²) in [7, 11) is 0. The standard InChI is InChI=1S/C12H21ClO5/c1-4-10(13)6-11(18-9(3)15)5-8(2)12(16)17-7-14/h8,10-11,14H,4-7H2,1-3H3. The predicted octanol–water partition coefficient (Wildman–Crippen LogP) is 1.84. The quantitative estimate of drug-likeness (QED) is 0.417. The molecule has 0 spiro atoms. The summed E-state index contributed by atoms with van der Waals surface area (Å²) in [6.45, 7) is 4.27. The van der Waals surface area contributed by atoms with Crippen molar-refractivity contribution in [3.05, 3.63) is 0 Å². The third kappa shape index (κ3) is 7.50. The second-order valence-corrected chi connectivity index (χ2v) is 4.82. The van der Waals surface area contributed by atoms with Gasteiger partial charge in [-0.05, 0) is 12.8 Å². The Kier molecular flexibility index (Phi) is 8.75. The van der Waals surface area contributed by atoms with Crippen LogP contribution in [0.15, 0.2) is 0 Å². The molecule has 0 aliphatic carbocycles. The fraction of sp³-hybridized carbons (Fsp3) is 0.833. The zero-order chi connectivity index (χ0) is 14.1. The second kappa shape index (κ2) is 9.16. The third-order valence-electron chi connectivity index (χ3n) is 2.52. The van der Waals surface area contributed by atoms with Gasteiger partial charge < -0.3 is 14.6 Å². The molecular weight excluding hydrogens is 260 g/mol. The molecule has 18 heavy (non-hydrogen) atoms. The van der Waals surface area contributed by atoms with E-state index in [-0.39, 0.29) is 5.38 Å². The van der Waals surface area contributed by atoms with E-state index in [1.807, 2.05) is 6.92 Å². The molecule has 0 bridgehead atoms. The molecule has 1 N–H and O–H groups in total. The smallest absolute Gasteiger partial charge is 0.310 e. The van der Waals surface area contributed by atoms with Crippen molar-refractivity contribution in [2.45, 2.75) is 51.5 Å². The average molecular weight is 281 g/mol. The molecule has 0 heterocycles. The Morgan fingerprint density at radius 1 is 1.33 bits per heavy atom. The van der Waals surface area contributed by atoms with Crippen LogP contribution in [0.1, 0.15) is 40.0 Å². The molecule has 3 atom stereocenters. The maximum Gasteiger partial charge on any atom is 0.310 e. The van der Waals surface area contributed by atoms with E-state index >= 15 is 0 Å². The molecule has 5 nitrogen and oxygen atoms in total. The predicted molar refractivity (Wildman–Crippen MR) is 67.1 cm³/mol. The first kappa shape index (κ1) is 17.2. The molecule has 0 rings (SSSR count). The van der Waals surface area contributed by atoms with E-state index in [9.17, 15) is 9.59 Å². The van der Waals surface area contributed by atoms with Crippen molar-refractivity contribution in [1.82, 2.24) is 0 Å². The van der Waals surface area contributed by atoms with Crippen LogP contribution >= 0.6 is 11.6 Å². The van der Waals surface area contributed by atoms with Crippen LogP contribution in [0.3, 0.4) is 0 Å². The van der Waals surface area contributed by atoms with E-state index in [4.69, 9.17) is 21.4 Å². The molecule has 0 aromatic carbocycles. The number of hydrogen-bond acceptors (Lipinski definition) is 5. The van der Waals surface area contributed by atoms with E-state index < -0.39 is 30.8 Å². The minimum absolute atomic E-state index is 0.101. The molecule has 0 aromatic rings. The lowest BCUT2D eigenvalue weighted by atomic mass is 9.99. The minimum atomic E-state index is -0.644. The van der Waals surface area contributed by atoms with Crippen molar-refractivity contribution < 1.29 is 24.2 Å². The lowest BCUT2D eigenvalue weighted by Crippen LogP contribution is -2.26. The Hall–Kier alpha value is -0.810. The van der Waals surface area contributed by atoms with Crippen LogP contribution in [-0.2, 0) is 19.1 Å². The van der Waals surface area contributed by atoms with E-state index in [2.05, 4.69) is 4.74 Å². The molecule has 0 aliphatic rings. The molecule has 0 saturated heterocycles. The largest absolute Gasteiger partial charge is 0.462 e. The van der Waals surface area contributed by atoms with Crippen LogP contribution < -0.4 is 0 Å². The maximum absolute atomic E-state index is 11.4. The van der Waals surface area contributed by atoms with Crippen LogP contribution in [0.2, 0.25) is 0 Å². The van der Waals surface area contributed by atoms with Crippen molar-refractivity contribution >= 4 is 23.5 Å². The molecule has 3 unspecified atom stereocenters. The Bertz CT molecular complexity index is 269. The number of halogens is 1. The third-order valence-corrected chi connectivity index (χ3v) is 3.01. The van der Waals surface area contributed by atoms with Crippen LogP contribution in [-0.4, -0.2) is 35.3 Å². The summed E-state index contributed by atoms with van der Waals surface area (Å²) < 4.78 is 9.61. The molecule has 0 fully saturated rings. The van der Waals surface area contributed by atoms with Gasteiger partial charge in [0.15, 0.2) is 6.79 Å². The van der Waals surface area contributed by atoms with Crippen molar-refractivity contribution in [3.8, 4) is 0 Å². The zero-order valence-corrected chi connectivity index (χ0v) is 11.8. The number of hydrogen-bond donors (Lipinski definition) is 1. The molecule has 6 heteroatoms. The number of carbonyl (C=O) groups excluding carboxylic acids is 2. The maximum atomic E-state index is 11.4. The summed E-state index contributed by atoms with van der Waals surface area (Å²) in [6, 6.07) is 0. The second-order valence-electron chi connectivity index (χ2n) is 4.20. The molecule has 106 valence electrons. The van der Waals surface area contributed by atoms with Gasteiger partial charge >= 0.3 is 11.9 Å². The number of esters is 2. The van der Waals surface area contributed by atoms with Gasteiger partial charge in [-0.1, -0.05) is 13.8 Å². The van der Waals surface area contributed by atoms with Gasteiger partial charge in [0.05, 0.1) is 5.92 Å². The van der Waals surface area contributed by atoms with Gasteiger partial charge in [0.2, 0.25) is 0 Å². The van der Waals surface area contributed by atoms with Gasteiger partial charge in [0, 0.05) is 18.7 Å². The summed E-state index contributed by atoms with van der Waals surface area (Å²) >= 11 is 6.02. The summed E-state index contributed by atoms with van der Waals surface area (Å²) in [5.41, 5.74) is 0. The fourth-order valence-electron chi connectivity index (χ4n) is 1.58. The van der Waals surface area contributed by atoms with E-state index in [1.54, 1.807) is 6.92 Å². The highest BCUT2D eigenvalue weighted by Crippen LogP contribution is 2.19. The van der Waals surface area contributed by atoms with Gasteiger partial charge in [-0.2, -0.15) is 0 Å². The number of aliphatic hydroxyl groups excluding tert-OH is 1. The van der Waals surface area contributed by atoms with Crippen LogP contribution in [0.5, 0.6) is 0 Å². The minimum Gasteiger partial charge on any atom is -0.462 e. The molecular formula is C12H21ClO5. The highest BCUT2D eigenvalue weighted by atomic mass is 35.5. The Labute approximate surface area is 112 Å². The van der Waals surface area contributed by atoms with Crippen molar-refractivity contribution in [2.75, 3.05) is 6.79 Å². The molecule has 0 radical (unpaired) electrons. The number of ether oxygens (including phenoxy) is 2. The Morgan fingerprint density at radius 3 is 2.39 bits per heavy atom. The summed E-state index contributed by atoms with van der Waals surface area (Å²) in [4.78, 5) is 22.3. The van der Waals surface area contributed by atoms with Crippen LogP contribution in [0.4, 0.5) is 0 Å². The van der Waals surface area contributed by atoms with Crippen LogP contribution in [0.25, 0.3) is 0 Å². The molecule has 0 aliphatic heterocycles. The van der Waals surface area contributed by atoms with Crippen molar-refractivity contribution in [1.29, 1.82) is 0 Å². The van der Waals surface area contributed by atoms with Gasteiger partial charge in [0.1, 0.15) is 6.10 Å². The lowest BCUT2D eigenvalue weighted by Gasteiger charge is -2.21. The zero-order valence-electron chi connectivity index (χ0n) is 11.0. The highest BCUT2D eigenvalue weighted by molar-refractivity contribution is 6.20. The van der Waals surface area contributed by atoms with E-state index in [1.165, 1.54) is 6.92 Å². The molecule has 0 aromatic heterocycles. The van der Waals surface area contributed by atoms with Crippen LogP contribution in [0, 0.1) is 5.92 Å². The normalized spacial score (nSPS) is 15.6. The summed E-state index contributed by atoms with van der Waals surface area (Å²) in [6.07, 6.45) is 1.18. The SMILES string of the molecule is CCC(Cl)CC(CC(C)C(=O)OCO)OC(C)=O. The Morgan fingerprint density at radius 2 is 1.94 bits per heavy atom. The average Bonchev–Trinajstić information content (AvgIpc) is 2.27. The van der Waals surface area contributed by atoms with Gasteiger partial charge in [-0.3, -0.25) is 9.59 Å². The van der Waals surface area contributed by atoms with Crippen molar-refractivity contribution in [3.63, 3.8) is 0 Å². The molecule has 0 saturated carbocycles. The number of alkyl halides is 1. The van der Waals surface area contributed by atoms with Gasteiger partial charge in [0.25, 0.3) is 0 Å². The molecule has 0 amide bonds. The first-order chi connectivity index (χ1) is 8.40. The number of carbonyl (C=O) groups is 2. The van der Waals surface area contributed by atoms with Gasteiger partial charge in [-0.25, -0.2) is 0 Å². The summed E-state index contributed by atoms with van der Waals surface area (Å²) in [5, 5.41) is 8.40. The first-order valence-electron chi connectivity index (χ1n) is 5.99. The fourth-order valence-corrected chi connectivity index (χ4v) is 1.77.